The number of carbonyl (C=O) groups is 1. The molecule has 1 fully saturated rings. The van der Waals surface area contributed by atoms with Gasteiger partial charge in [0.05, 0.1) is 12.6 Å². The number of aliphatic hydroxyl groups excluding tert-OH is 1. The van der Waals surface area contributed by atoms with E-state index < -0.39 is 5.60 Å². The van der Waals surface area contributed by atoms with Crippen molar-refractivity contribution in [3.8, 4) is 0 Å². The van der Waals surface area contributed by atoms with Gasteiger partial charge in [-0.3, -0.25) is 0 Å². The second kappa shape index (κ2) is 7.11. The van der Waals surface area contributed by atoms with Crippen molar-refractivity contribution in [1.29, 1.82) is 0 Å². The van der Waals surface area contributed by atoms with E-state index in [-0.39, 0.29) is 24.8 Å². The van der Waals surface area contributed by atoms with Gasteiger partial charge in [0.25, 0.3) is 0 Å². The molecular formula is C17H26N2O3. The molecule has 2 N–H and O–H groups in total. The minimum atomic E-state index is -0.521. The fourth-order valence-corrected chi connectivity index (χ4v) is 2.64. The fourth-order valence-electron chi connectivity index (χ4n) is 2.64. The highest BCUT2D eigenvalue weighted by Gasteiger charge is 2.36. The Morgan fingerprint density at radius 2 is 2.05 bits per heavy atom. The van der Waals surface area contributed by atoms with Crippen LogP contribution in [0.3, 0.4) is 0 Å². The summed E-state index contributed by atoms with van der Waals surface area (Å²) in [7, 11) is 0. The summed E-state index contributed by atoms with van der Waals surface area (Å²) in [5.74, 6) is 0. The number of aliphatic hydroxyl groups is 1. The maximum atomic E-state index is 12.2. The first-order chi connectivity index (χ1) is 10.4. The lowest BCUT2D eigenvalue weighted by atomic mass is 10.1. The number of benzene rings is 1. The minimum Gasteiger partial charge on any atom is -0.444 e. The molecule has 0 spiro atoms. The topological polar surface area (TPSA) is 61.8 Å². The molecule has 22 heavy (non-hydrogen) atoms. The predicted molar refractivity (Wildman–Crippen MR) is 85.5 cm³/mol. The number of nitrogens with zero attached hydrogens (tertiary/aromatic N) is 1. The van der Waals surface area contributed by atoms with Gasteiger partial charge in [-0.1, -0.05) is 30.3 Å². The van der Waals surface area contributed by atoms with Crippen LogP contribution in [0.2, 0.25) is 0 Å². The zero-order chi connectivity index (χ0) is 16.2. The molecule has 0 radical (unpaired) electrons. The van der Waals surface area contributed by atoms with Gasteiger partial charge < -0.3 is 20.1 Å². The van der Waals surface area contributed by atoms with E-state index in [0.717, 1.165) is 13.0 Å². The van der Waals surface area contributed by atoms with Gasteiger partial charge in [0.2, 0.25) is 0 Å². The van der Waals surface area contributed by atoms with Gasteiger partial charge in [0, 0.05) is 19.1 Å². The number of hydrogen-bond acceptors (Lipinski definition) is 4. The molecule has 2 atom stereocenters. The van der Waals surface area contributed by atoms with Gasteiger partial charge in [0.15, 0.2) is 0 Å². The Labute approximate surface area is 132 Å². The summed E-state index contributed by atoms with van der Waals surface area (Å²) in [5, 5.41) is 13.0. The maximum Gasteiger partial charge on any atom is 0.410 e. The van der Waals surface area contributed by atoms with Gasteiger partial charge in [0.1, 0.15) is 5.60 Å². The second-order valence-corrected chi connectivity index (χ2v) is 6.77. The summed E-state index contributed by atoms with van der Waals surface area (Å²) >= 11 is 0. The third-order valence-electron chi connectivity index (χ3n) is 3.69. The van der Waals surface area contributed by atoms with E-state index in [1.165, 1.54) is 5.56 Å². The number of amides is 1. The molecule has 0 aliphatic carbocycles. The molecule has 5 heteroatoms. The molecule has 1 amide bonds. The molecule has 122 valence electrons. The Balaban J connectivity index is 1.90. The van der Waals surface area contributed by atoms with Crippen molar-refractivity contribution < 1.29 is 14.6 Å². The Kier molecular flexibility index (Phi) is 5.42. The lowest BCUT2D eigenvalue weighted by Crippen LogP contribution is -2.42. The minimum absolute atomic E-state index is 0.0389. The molecule has 1 aliphatic heterocycles. The second-order valence-electron chi connectivity index (χ2n) is 6.77. The van der Waals surface area contributed by atoms with Crippen molar-refractivity contribution in [2.24, 2.45) is 0 Å². The van der Waals surface area contributed by atoms with E-state index in [4.69, 9.17) is 4.74 Å². The monoisotopic (exact) mass is 306 g/mol. The van der Waals surface area contributed by atoms with Crippen LogP contribution in [0, 0.1) is 0 Å². The molecule has 1 aliphatic rings. The van der Waals surface area contributed by atoms with Crippen LogP contribution in [0.25, 0.3) is 0 Å². The fraction of sp³-hybridized carbons (Fsp3) is 0.588. The molecule has 0 bridgehead atoms. The first-order valence-corrected chi connectivity index (χ1v) is 7.77. The summed E-state index contributed by atoms with van der Waals surface area (Å²) in [6.07, 6.45) is 0.387. The molecular weight excluding hydrogens is 280 g/mol. The number of carbonyl (C=O) groups excluding carboxylic acids is 1. The quantitative estimate of drug-likeness (QED) is 0.895. The zero-order valence-electron chi connectivity index (χ0n) is 13.6. The molecule has 2 unspecified atom stereocenters. The molecule has 1 aromatic rings. The van der Waals surface area contributed by atoms with Crippen molar-refractivity contribution in [3.05, 3.63) is 35.9 Å². The average molecular weight is 306 g/mol. The highest BCUT2D eigenvalue weighted by molar-refractivity contribution is 5.69. The van der Waals surface area contributed by atoms with E-state index in [0.29, 0.717) is 6.54 Å². The highest BCUT2D eigenvalue weighted by atomic mass is 16.6. The summed E-state index contributed by atoms with van der Waals surface area (Å²) in [4.78, 5) is 13.8. The van der Waals surface area contributed by atoms with Crippen LogP contribution >= 0.6 is 0 Å². The largest absolute Gasteiger partial charge is 0.444 e. The predicted octanol–water partition coefficient (Wildman–Crippen LogP) is 2.15. The van der Waals surface area contributed by atoms with Crippen LogP contribution in [0.5, 0.6) is 0 Å². The van der Waals surface area contributed by atoms with E-state index in [1.54, 1.807) is 4.90 Å². The Bertz CT molecular complexity index is 484. The Morgan fingerprint density at radius 1 is 1.36 bits per heavy atom. The summed E-state index contributed by atoms with van der Waals surface area (Å²) in [5.41, 5.74) is 0.686. The molecule has 0 saturated carbocycles. The zero-order valence-corrected chi connectivity index (χ0v) is 13.6. The average Bonchev–Trinajstić information content (AvgIpc) is 2.88. The van der Waals surface area contributed by atoms with Gasteiger partial charge in [-0.15, -0.1) is 0 Å². The molecule has 5 nitrogen and oxygen atoms in total. The van der Waals surface area contributed by atoms with Gasteiger partial charge in [-0.25, -0.2) is 4.79 Å². The number of ether oxygens (including phenoxy) is 1. The maximum absolute atomic E-state index is 12.2. The number of nitrogens with one attached hydrogen (secondary N) is 1. The van der Waals surface area contributed by atoms with Gasteiger partial charge >= 0.3 is 6.09 Å². The normalized spacial score (nSPS) is 21.9. The van der Waals surface area contributed by atoms with E-state index in [1.807, 2.05) is 39.0 Å². The van der Waals surface area contributed by atoms with Crippen molar-refractivity contribution >= 4 is 6.09 Å². The van der Waals surface area contributed by atoms with Gasteiger partial charge in [-0.05, 0) is 32.8 Å². The number of rotatable bonds is 4. The van der Waals surface area contributed by atoms with Crippen molar-refractivity contribution in [2.45, 2.75) is 51.4 Å². The summed E-state index contributed by atoms with van der Waals surface area (Å²) in [6.45, 7) is 6.82. The number of hydrogen-bond donors (Lipinski definition) is 2. The van der Waals surface area contributed by atoms with E-state index >= 15 is 0 Å². The first-order valence-electron chi connectivity index (χ1n) is 7.77. The first kappa shape index (κ1) is 16.8. The smallest absolute Gasteiger partial charge is 0.410 e. The third-order valence-corrected chi connectivity index (χ3v) is 3.69. The van der Waals surface area contributed by atoms with Crippen LogP contribution in [-0.4, -0.2) is 46.9 Å². The lowest BCUT2D eigenvalue weighted by Gasteiger charge is -2.27. The van der Waals surface area contributed by atoms with Crippen molar-refractivity contribution in [2.75, 3.05) is 13.2 Å². The van der Waals surface area contributed by atoms with Gasteiger partial charge in [-0.2, -0.15) is 0 Å². The molecule has 1 heterocycles. The Hall–Kier alpha value is -1.59. The molecule has 1 saturated heterocycles. The van der Waals surface area contributed by atoms with Crippen LogP contribution in [-0.2, 0) is 11.3 Å². The van der Waals surface area contributed by atoms with E-state index in [9.17, 15) is 9.90 Å². The van der Waals surface area contributed by atoms with Crippen LogP contribution < -0.4 is 5.32 Å². The highest BCUT2D eigenvalue weighted by Crippen LogP contribution is 2.21. The molecule has 1 aromatic carbocycles. The van der Waals surface area contributed by atoms with E-state index in [2.05, 4.69) is 17.4 Å². The summed E-state index contributed by atoms with van der Waals surface area (Å²) in [6, 6.07) is 10.1. The van der Waals surface area contributed by atoms with Crippen LogP contribution in [0.4, 0.5) is 4.79 Å². The van der Waals surface area contributed by atoms with Crippen molar-refractivity contribution in [1.82, 2.24) is 10.2 Å². The van der Waals surface area contributed by atoms with Crippen molar-refractivity contribution in [3.63, 3.8) is 0 Å². The van der Waals surface area contributed by atoms with Crippen LogP contribution in [0.1, 0.15) is 32.8 Å². The number of likely N-dealkylation sites (tertiary alicyclic amines) is 1. The standard InChI is InChI=1S/C17H26N2O3/c1-17(2,3)22-16(21)19-11-14(9-15(19)12-20)18-10-13-7-5-4-6-8-13/h4-8,14-15,18,20H,9-12H2,1-3H3. The molecule has 0 aromatic heterocycles. The summed E-state index contributed by atoms with van der Waals surface area (Å²) < 4.78 is 5.41. The Morgan fingerprint density at radius 3 is 2.64 bits per heavy atom. The lowest BCUT2D eigenvalue weighted by molar-refractivity contribution is 0.0174. The SMILES string of the molecule is CC(C)(C)OC(=O)N1CC(NCc2ccccc2)CC1CO. The molecule has 2 rings (SSSR count). The third kappa shape index (κ3) is 4.71. The van der Waals surface area contributed by atoms with Crippen LogP contribution in [0.15, 0.2) is 30.3 Å².